The summed E-state index contributed by atoms with van der Waals surface area (Å²) in [6, 6.07) is 9.72. The fourth-order valence-electron chi connectivity index (χ4n) is 4.58. The molecule has 1 unspecified atom stereocenters. The van der Waals surface area contributed by atoms with Crippen molar-refractivity contribution in [1.29, 1.82) is 0 Å². The van der Waals surface area contributed by atoms with Gasteiger partial charge in [0.15, 0.2) is 0 Å². The number of pyridine rings is 1. The quantitative estimate of drug-likeness (QED) is 0.636. The molecule has 0 saturated carbocycles. The van der Waals surface area contributed by atoms with Crippen molar-refractivity contribution in [3.05, 3.63) is 52.5 Å². The van der Waals surface area contributed by atoms with Gasteiger partial charge in [-0.3, -0.25) is 9.59 Å². The molecule has 2 amide bonds. The maximum absolute atomic E-state index is 13.5. The Balaban J connectivity index is 1.31. The first-order valence-corrected chi connectivity index (χ1v) is 11.9. The largest absolute Gasteiger partial charge is 0.361 e. The molecule has 166 valence electrons. The highest BCUT2D eigenvalue weighted by Crippen LogP contribution is 2.39. The number of thiophene rings is 1. The maximum Gasteiger partial charge on any atom is 0.239 e. The number of amides is 2. The predicted octanol–water partition coefficient (Wildman–Crippen LogP) is 2.95. The molecule has 32 heavy (non-hydrogen) atoms. The standard InChI is InChI=1S/C23H24ClN5O2S/c1-25-20(30)14-29-13-18(17-3-2-16(24)12-19(17)29)23(31)28-9-7-27(8-10-28)22-21-15(4-6-26-22)5-11-32-21/h2-6,11-12,18H,7-10,13-14H2,1H3,(H,25,30). The first-order chi connectivity index (χ1) is 15.5. The number of fused-ring (bicyclic) bond motifs is 2. The molecule has 0 aliphatic carbocycles. The van der Waals surface area contributed by atoms with Crippen molar-refractivity contribution in [3.63, 3.8) is 0 Å². The van der Waals surface area contributed by atoms with Gasteiger partial charge in [-0.2, -0.15) is 0 Å². The topological polar surface area (TPSA) is 68.8 Å². The molecule has 5 rings (SSSR count). The third-order valence-electron chi connectivity index (χ3n) is 6.26. The summed E-state index contributed by atoms with van der Waals surface area (Å²) in [5, 5.41) is 6.55. The highest BCUT2D eigenvalue weighted by atomic mass is 35.5. The molecule has 2 aromatic heterocycles. The average Bonchev–Trinajstić information content (AvgIpc) is 3.43. The minimum absolute atomic E-state index is 0.0899. The summed E-state index contributed by atoms with van der Waals surface area (Å²) in [5.41, 5.74) is 1.81. The van der Waals surface area contributed by atoms with Gasteiger partial charge in [-0.1, -0.05) is 17.7 Å². The second-order valence-corrected chi connectivity index (χ2v) is 9.45. The highest BCUT2D eigenvalue weighted by Gasteiger charge is 2.37. The van der Waals surface area contributed by atoms with Crippen LogP contribution in [0.3, 0.4) is 0 Å². The molecular weight excluding hydrogens is 446 g/mol. The molecule has 9 heteroatoms. The zero-order valence-corrected chi connectivity index (χ0v) is 19.3. The van der Waals surface area contributed by atoms with Crippen LogP contribution in [0.15, 0.2) is 41.9 Å². The Morgan fingerprint density at radius 1 is 1.19 bits per heavy atom. The Bertz CT molecular complexity index is 1170. The van der Waals surface area contributed by atoms with E-state index in [9.17, 15) is 9.59 Å². The van der Waals surface area contributed by atoms with Crippen LogP contribution < -0.4 is 15.1 Å². The Kier molecular flexibility index (Phi) is 5.65. The number of hydrogen-bond donors (Lipinski definition) is 1. The van der Waals surface area contributed by atoms with Crippen LogP contribution in [-0.4, -0.2) is 68.0 Å². The number of nitrogens with one attached hydrogen (secondary N) is 1. The molecule has 1 atom stereocenters. The van der Waals surface area contributed by atoms with Gasteiger partial charge in [0.05, 0.1) is 17.2 Å². The summed E-state index contributed by atoms with van der Waals surface area (Å²) in [4.78, 5) is 36.3. The lowest BCUT2D eigenvalue weighted by Gasteiger charge is -2.36. The Morgan fingerprint density at radius 3 is 2.78 bits per heavy atom. The number of anilines is 2. The lowest BCUT2D eigenvalue weighted by molar-refractivity contribution is -0.132. The van der Waals surface area contributed by atoms with Gasteiger partial charge >= 0.3 is 0 Å². The summed E-state index contributed by atoms with van der Waals surface area (Å²) in [6.45, 7) is 3.49. The van der Waals surface area contributed by atoms with Crippen LogP contribution in [0.25, 0.3) is 10.1 Å². The third-order valence-corrected chi connectivity index (χ3v) is 7.42. The molecule has 1 fully saturated rings. The van der Waals surface area contributed by atoms with Crippen LogP contribution in [0, 0.1) is 0 Å². The van der Waals surface area contributed by atoms with Crippen molar-refractivity contribution in [2.45, 2.75) is 5.92 Å². The van der Waals surface area contributed by atoms with Crippen molar-refractivity contribution in [2.24, 2.45) is 0 Å². The number of rotatable bonds is 4. The second-order valence-electron chi connectivity index (χ2n) is 8.10. The SMILES string of the molecule is CNC(=O)CN1CC(C(=O)N2CCN(c3nccc4ccsc34)CC2)c2ccc(Cl)cc21. The molecule has 1 N–H and O–H groups in total. The van der Waals surface area contributed by atoms with Crippen LogP contribution in [0.1, 0.15) is 11.5 Å². The van der Waals surface area contributed by atoms with Crippen molar-refractivity contribution in [3.8, 4) is 0 Å². The lowest BCUT2D eigenvalue weighted by atomic mass is 9.99. The number of nitrogens with zero attached hydrogens (tertiary/aromatic N) is 4. The Hall–Kier alpha value is -2.84. The zero-order valence-electron chi connectivity index (χ0n) is 17.8. The number of halogens is 1. The van der Waals surface area contributed by atoms with E-state index in [0.717, 1.165) is 30.2 Å². The van der Waals surface area contributed by atoms with Crippen molar-refractivity contribution in [2.75, 3.05) is 56.1 Å². The highest BCUT2D eigenvalue weighted by molar-refractivity contribution is 7.17. The zero-order chi connectivity index (χ0) is 22.2. The summed E-state index contributed by atoms with van der Waals surface area (Å²) in [5.74, 6) is 0.724. The number of likely N-dealkylation sites (N-methyl/N-ethyl adjacent to an activating group) is 1. The monoisotopic (exact) mass is 469 g/mol. The normalized spacial score (nSPS) is 18.2. The van der Waals surface area contributed by atoms with Crippen LogP contribution in [0.5, 0.6) is 0 Å². The Labute approximate surface area is 195 Å². The summed E-state index contributed by atoms with van der Waals surface area (Å²) in [6.07, 6.45) is 1.85. The number of aromatic nitrogens is 1. The minimum atomic E-state index is -0.294. The van der Waals surface area contributed by atoms with Gasteiger partial charge in [0.1, 0.15) is 5.82 Å². The van der Waals surface area contributed by atoms with Gasteiger partial charge in [-0.05, 0) is 40.6 Å². The van der Waals surface area contributed by atoms with E-state index >= 15 is 0 Å². The van der Waals surface area contributed by atoms with Gasteiger partial charge in [-0.15, -0.1) is 11.3 Å². The molecule has 1 aromatic carbocycles. The molecule has 0 spiro atoms. The van der Waals surface area contributed by atoms with E-state index in [1.165, 1.54) is 10.1 Å². The molecule has 4 heterocycles. The van der Waals surface area contributed by atoms with E-state index in [0.29, 0.717) is 24.7 Å². The summed E-state index contributed by atoms with van der Waals surface area (Å²) < 4.78 is 1.19. The van der Waals surface area contributed by atoms with E-state index in [2.05, 4.69) is 26.6 Å². The van der Waals surface area contributed by atoms with E-state index in [4.69, 9.17) is 11.6 Å². The van der Waals surface area contributed by atoms with Crippen molar-refractivity contribution >= 4 is 56.3 Å². The first-order valence-electron chi connectivity index (χ1n) is 10.7. The smallest absolute Gasteiger partial charge is 0.239 e. The van der Waals surface area contributed by atoms with Gasteiger partial charge in [0.2, 0.25) is 11.8 Å². The number of piperazine rings is 1. The molecule has 1 saturated heterocycles. The van der Waals surface area contributed by atoms with E-state index in [1.807, 2.05) is 40.3 Å². The Morgan fingerprint density at radius 2 is 2.00 bits per heavy atom. The van der Waals surface area contributed by atoms with Gasteiger partial charge in [-0.25, -0.2) is 4.98 Å². The summed E-state index contributed by atoms with van der Waals surface area (Å²) >= 11 is 7.91. The molecular formula is C23H24ClN5O2S. The molecule has 0 bridgehead atoms. The number of hydrogen-bond acceptors (Lipinski definition) is 6. The molecule has 7 nitrogen and oxygen atoms in total. The van der Waals surface area contributed by atoms with Gasteiger partial charge in [0, 0.05) is 56.7 Å². The van der Waals surface area contributed by atoms with Gasteiger partial charge < -0.3 is 20.0 Å². The second kappa shape index (κ2) is 8.60. The minimum Gasteiger partial charge on any atom is -0.361 e. The number of carbonyl (C=O) groups is 2. The molecule has 0 radical (unpaired) electrons. The van der Waals surface area contributed by atoms with Gasteiger partial charge in [0.25, 0.3) is 0 Å². The lowest BCUT2D eigenvalue weighted by Crippen LogP contribution is -2.50. The molecule has 3 aromatic rings. The molecule has 2 aliphatic heterocycles. The third kappa shape index (κ3) is 3.78. The van der Waals surface area contributed by atoms with Crippen LogP contribution in [0.4, 0.5) is 11.5 Å². The van der Waals surface area contributed by atoms with Crippen LogP contribution in [-0.2, 0) is 9.59 Å². The average molecular weight is 470 g/mol. The molecule has 2 aliphatic rings. The fraction of sp³-hybridized carbons (Fsp3) is 0.348. The van der Waals surface area contributed by atoms with E-state index in [1.54, 1.807) is 18.4 Å². The van der Waals surface area contributed by atoms with Crippen LogP contribution >= 0.6 is 22.9 Å². The maximum atomic E-state index is 13.5. The van der Waals surface area contributed by atoms with Crippen molar-refractivity contribution in [1.82, 2.24) is 15.2 Å². The number of benzene rings is 1. The first kappa shape index (κ1) is 21.0. The fourth-order valence-corrected chi connectivity index (χ4v) is 5.66. The number of carbonyl (C=O) groups excluding carboxylic acids is 2. The van der Waals surface area contributed by atoms with E-state index in [-0.39, 0.29) is 24.3 Å². The summed E-state index contributed by atoms with van der Waals surface area (Å²) in [7, 11) is 1.62. The predicted molar refractivity (Wildman–Crippen MR) is 129 cm³/mol. The van der Waals surface area contributed by atoms with Crippen molar-refractivity contribution < 1.29 is 9.59 Å². The van der Waals surface area contributed by atoms with Crippen LogP contribution in [0.2, 0.25) is 5.02 Å². The van der Waals surface area contributed by atoms with E-state index < -0.39 is 0 Å².